The van der Waals surface area contributed by atoms with E-state index in [0.29, 0.717) is 24.0 Å². The van der Waals surface area contributed by atoms with Crippen LogP contribution in [0.15, 0.2) is 0 Å². The van der Waals surface area contributed by atoms with E-state index in [1.165, 1.54) is 6.42 Å². The molecule has 0 aromatic heterocycles. The van der Waals surface area contributed by atoms with E-state index in [4.69, 9.17) is 10.00 Å². The van der Waals surface area contributed by atoms with Crippen LogP contribution >= 0.6 is 0 Å². The van der Waals surface area contributed by atoms with E-state index < -0.39 is 0 Å². The molecule has 3 rings (SSSR count). The smallest absolute Gasteiger partial charge is 0.0885 e. The van der Waals surface area contributed by atoms with Gasteiger partial charge in [0.1, 0.15) is 0 Å². The van der Waals surface area contributed by atoms with Gasteiger partial charge in [0.2, 0.25) is 0 Å². The van der Waals surface area contributed by atoms with Crippen molar-refractivity contribution in [3.05, 3.63) is 0 Å². The van der Waals surface area contributed by atoms with Gasteiger partial charge in [0, 0.05) is 5.92 Å². The molecule has 0 unspecified atom stereocenters. The maximum absolute atomic E-state index is 8.72. The van der Waals surface area contributed by atoms with Gasteiger partial charge in [-0.2, -0.15) is 5.26 Å². The maximum atomic E-state index is 8.72. The van der Waals surface area contributed by atoms with E-state index >= 15 is 0 Å². The van der Waals surface area contributed by atoms with Gasteiger partial charge in [-0.3, -0.25) is 0 Å². The van der Waals surface area contributed by atoms with Gasteiger partial charge in [0.15, 0.2) is 0 Å². The second-order valence-electron chi connectivity index (χ2n) is 3.70. The van der Waals surface area contributed by atoms with Gasteiger partial charge < -0.3 is 4.74 Å². The lowest BCUT2D eigenvalue weighted by Gasteiger charge is -2.09. The molecule has 2 nitrogen and oxygen atoms in total. The van der Waals surface area contributed by atoms with Crippen LogP contribution in [0.25, 0.3) is 0 Å². The number of nitriles is 1. The highest BCUT2D eigenvalue weighted by Crippen LogP contribution is 2.58. The van der Waals surface area contributed by atoms with Crippen LogP contribution in [0.2, 0.25) is 0 Å². The van der Waals surface area contributed by atoms with E-state index in [2.05, 4.69) is 6.07 Å². The molecule has 2 bridgehead atoms. The molecule has 1 saturated heterocycles. The standard InChI is InChI=1S/C8H9NO/c9-3-5-1-4-2-6(5)8-7(4)10-8/h4-8H,1-2H2/t4-,5+,6+,7-,8-/m0/s1. The third-order valence-electron chi connectivity index (χ3n) is 3.26. The maximum Gasteiger partial charge on any atom is 0.0885 e. The Kier molecular flexibility index (Phi) is 0.709. The first-order chi connectivity index (χ1) is 4.90. The zero-order valence-electron chi connectivity index (χ0n) is 5.66. The van der Waals surface area contributed by atoms with E-state index in [1.54, 1.807) is 0 Å². The molecule has 0 aromatic rings. The second kappa shape index (κ2) is 1.38. The average molecular weight is 135 g/mol. The number of fused-ring (bicyclic) bond motifs is 5. The summed E-state index contributed by atoms with van der Waals surface area (Å²) >= 11 is 0. The minimum absolute atomic E-state index is 0.328. The van der Waals surface area contributed by atoms with Gasteiger partial charge >= 0.3 is 0 Å². The minimum Gasteiger partial charge on any atom is -0.369 e. The predicted octanol–water partition coefficient (Wildman–Crippen LogP) is 0.933. The van der Waals surface area contributed by atoms with Gasteiger partial charge in [-0.05, 0) is 18.8 Å². The van der Waals surface area contributed by atoms with E-state index in [-0.39, 0.29) is 0 Å². The van der Waals surface area contributed by atoms with Gasteiger partial charge in [0.05, 0.1) is 24.2 Å². The van der Waals surface area contributed by atoms with Crippen LogP contribution in [0.5, 0.6) is 0 Å². The molecule has 3 fully saturated rings. The Hall–Kier alpha value is -0.550. The SMILES string of the molecule is N#C[C@H]1C[C@H]2C[C@H]1[C@@H]1O[C@@H]21. The first-order valence-corrected chi connectivity index (χ1v) is 3.95. The molecule has 0 aromatic carbocycles. The van der Waals surface area contributed by atoms with Crippen molar-refractivity contribution < 1.29 is 4.74 Å². The fourth-order valence-corrected chi connectivity index (χ4v) is 2.75. The van der Waals surface area contributed by atoms with Crippen molar-refractivity contribution >= 4 is 0 Å². The van der Waals surface area contributed by atoms with Crippen molar-refractivity contribution in [2.75, 3.05) is 0 Å². The van der Waals surface area contributed by atoms with Crippen LogP contribution in [0.3, 0.4) is 0 Å². The van der Waals surface area contributed by atoms with Crippen LogP contribution < -0.4 is 0 Å². The Labute approximate surface area is 59.8 Å². The van der Waals surface area contributed by atoms with Crippen molar-refractivity contribution in [1.82, 2.24) is 0 Å². The fraction of sp³-hybridized carbons (Fsp3) is 0.875. The minimum atomic E-state index is 0.328. The Morgan fingerprint density at radius 2 is 2.20 bits per heavy atom. The van der Waals surface area contributed by atoms with Crippen molar-refractivity contribution in [3.8, 4) is 6.07 Å². The normalized spacial score (nSPS) is 61.7. The molecule has 1 heterocycles. The molecule has 52 valence electrons. The molecule has 2 saturated carbocycles. The summed E-state index contributed by atoms with van der Waals surface area (Å²) < 4.78 is 5.42. The number of rotatable bonds is 0. The molecule has 1 aliphatic heterocycles. The lowest BCUT2D eigenvalue weighted by molar-refractivity contribution is 0.259. The van der Waals surface area contributed by atoms with Crippen molar-refractivity contribution in [2.45, 2.75) is 25.0 Å². The third-order valence-corrected chi connectivity index (χ3v) is 3.26. The third kappa shape index (κ3) is 0.411. The number of hydrogen-bond acceptors (Lipinski definition) is 2. The van der Waals surface area contributed by atoms with Gasteiger partial charge in [-0.15, -0.1) is 0 Å². The molecule has 0 amide bonds. The van der Waals surface area contributed by atoms with Crippen molar-refractivity contribution in [3.63, 3.8) is 0 Å². The van der Waals surface area contributed by atoms with Crippen molar-refractivity contribution in [2.24, 2.45) is 17.8 Å². The molecule has 10 heavy (non-hydrogen) atoms. The highest BCUT2D eigenvalue weighted by atomic mass is 16.6. The monoisotopic (exact) mass is 135 g/mol. The summed E-state index contributed by atoms with van der Waals surface area (Å²) in [6.45, 7) is 0. The number of ether oxygens (including phenoxy) is 1. The first-order valence-electron chi connectivity index (χ1n) is 3.95. The molecule has 0 spiro atoms. The Balaban J connectivity index is 1.93. The summed E-state index contributed by atoms with van der Waals surface area (Å²) in [5.74, 6) is 1.69. The lowest BCUT2D eigenvalue weighted by atomic mass is 9.90. The van der Waals surface area contributed by atoms with Gasteiger partial charge in [0.25, 0.3) is 0 Å². The fourth-order valence-electron chi connectivity index (χ4n) is 2.75. The number of hydrogen-bond donors (Lipinski definition) is 0. The predicted molar refractivity (Wildman–Crippen MR) is 34.0 cm³/mol. The number of epoxide rings is 1. The Morgan fingerprint density at radius 3 is 2.80 bits per heavy atom. The summed E-state index contributed by atoms with van der Waals surface area (Å²) in [4.78, 5) is 0. The molecule has 2 heteroatoms. The molecular weight excluding hydrogens is 126 g/mol. The van der Waals surface area contributed by atoms with E-state index in [1.807, 2.05) is 0 Å². The summed E-state index contributed by atoms with van der Waals surface area (Å²) in [5.41, 5.74) is 0. The average Bonchev–Trinajstić information content (AvgIpc) is 2.58. The second-order valence-corrected chi connectivity index (χ2v) is 3.70. The van der Waals surface area contributed by atoms with Gasteiger partial charge in [-0.25, -0.2) is 0 Å². The topological polar surface area (TPSA) is 36.3 Å². The highest BCUT2D eigenvalue weighted by molar-refractivity contribution is 5.14. The Morgan fingerprint density at radius 1 is 1.30 bits per heavy atom. The van der Waals surface area contributed by atoms with E-state index in [0.717, 1.165) is 12.3 Å². The van der Waals surface area contributed by atoms with Crippen LogP contribution in [0, 0.1) is 29.1 Å². The van der Waals surface area contributed by atoms with Crippen LogP contribution in [0.4, 0.5) is 0 Å². The molecule has 0 radical (unpaired) electrons. The summed E-state index contributed by atoms with van der Waals surface area (Å²) in [5, 5.41) is 8.72. The molecule has 0 N–H and O–H groups in total. The zero-order chi connectivity index (χ0) is 6.72. The summed E-state index contributed by atoms with van der Waals surface area (Å²) in [6, 6.07) is 2.37. The van der Waals surface area contributed by atoms with Crippen LogP contribution in [-0.2, 0) is 4.74 Å². The summed E-state index contributed by atoms with van der Waals surface area (Å²) in [7, 11) is 0. The number of nitrogens with zero attached hydrogens (tertiary/aromatic N) is 1. The zero-order valence-corrected chi connectivity index (χ0v) is 5.66. The lowest BCUT2D eigenvalue weighted by Crippen LogP contribution is -2.15. The molecule has 2 aliphatic carbocycles. The van der Waals surface area contributed by atoms with E-state index in [9.17, 15) is 0 Å². The van der Waals surface area contributed by atoms with Gasteiger partial charge in [-0.1, -0.05) is 0 Å². The van der Waals surface area contributed by atoms with Crippen LogP contribution in [-0.4, -0.2) is 12.2 Å². The largest absolute Gasteiger partial charge is 0.369 e. The Bertz CT molecular complexity index is 220. The molecular formula is C8H9NO. The molecule has 3 aliphatic rings. The molecule has 5 atom stereocenters. The van der Waals surface area contributed by atoms with Crippen molar-refractivity contribution in [1.29, 1.82) is 5.26 Å². The highest BCUT2D eigenvalue weighted by Gasteiger charge is 2.63. The first kappa shape index (κ1) is 5.15. The summed E-state index contributed by atoms with van der Waals surface area (Å²) in [6.07, 6.45) is 3.47. The van der Waals surface area contributed by atoms with Crippen LogP contribution in [0.1, 0.15) is 12.8 Å². The quantitative estimate of drug-likeness (QED) is 0.463.